The topological polar surface area (TPSA) is 0 Å². The molecule has 0 aliphatic heterocycles. The second kappa shape index (κ2) is 12.9. The van der Waals surface area contributed by atoms with Crippen LogP contribution in [0.4, 0.5) is 0 Å². The molecular formula is C60H36. The molecule has 0 unspecified atom stereocenters. The Morgan fingerprint density at radius 2 is 0.383 bits per heavy atom. The smallest absolute Gasteiger partial charge is 0.000763 e. The molecule has 0 radical (unpaired) electrons. The molecule has 15 aromatic carbocycles. The van der Waals surface area contributed by atoms with Crippen LogP contribution in [0.5, 0.6) is 0 Å². The summed E-state index contributed by atoms with van der Waals surface area (Å²) >= 11 is 0. The van der Waals surface area contributed by atoms with E-state index in [4.69, 9.17) is 0 Å². The highest BCUT2D eigenvalue weighted by Gasteiger charge is 2.20. The standard InChI is InChI=1S/C30H16.C20H12.C10H8/c1-2-6-20-16-26-24-14-12-18-8-4-10-22-21-9-3-7-17-11-13-23(25(26)15-19(20)5-1)29(27(17)21)30(24)28(18)22;1-5-13-6-2-11-17-18-12-4-8-14-7-3-10-16(20(14)18)15(9-1)19(13)17;1-2-6-10-8-4-3-7-9(10)5-1/h1-16H;1-12H;1-8H. The van der Waals surface area contributed by atoms with E-state index in [1.54, 1.807) is 0 Å². The molecule has 0 aliphatic rings. The lowest BCUT2D eigenvalue weighted by Gasteiger charge is -2.20. The Morgan fingerprint density at radius 3 is 0.717 bits per heavy atom. The summed E-state index contributed by atoms with van der Waals surface area (Å²) in [6, 6.07) is 79.4. The summed E-state index contributed by atoms with van der Waals surface area (Å²) in [6.45, 7) is 0. The minimum Gasteiger partial charge on any atom is -0.0616 e. The summed E-state index contributed by atoms with van der Waals surface area (Å²) in [5.74, 6) is 0. The van der Waals surface area contributed by atoms with Crippen LogP contribution in [0, 0.1) is 0 Å². The maximum absolute atomic E-state index is 2.39. The highest BCUT2D eigenvalue weighted by molar-refractivity contribution is 6.44. The predicted molar refractivity (Wildman–Crippen MR) is 263 cm³/mol. The van der Waals surface area contributed by atoms with Crippen LogP contribution < -0.4 is 0 Å². The lowest BCUT2D eigenvalue weighted by atomic mass is 9.83. The van der Waals surface area contributed by atoms with E-state index in [1.165, 1.54) is 129 Å². The van der Waals surface area contributed by atoms with E-state index >= 15 is 0 Å². The average Bonchev–Trinajstić information content (AvgIpc) is 3.32. The molecule has 0 aliphatic carbocycles. The first-order valence-electron chi connectivity index (χ1n) is 20.9. The minimum atomic E-state index is 1.30. The van der Waals surface area contributed by atoms with Gasteiger partial charge in [-0.2, -0.15) is 0 Å². The number of rotatable bonds is 0. The lowest BCUT2D eigenvalue weighted by molar-refractivity contribution is 1.75. The Kier molecular flexibility index (Phi) is 7.11. The molecule has 0 bridgehead atoms. The normalized spacial score (nSPS) is 12.0. The third-order valence-electron chi connectivity index (χ3n) is 13.1. The van der Waals surface area contributed by atoms with E-state index in [1.807, 2.05) is 0 Å². The molecule has 0 aromatic heterocycles. The Balaban J connectivity index is 0.000000106. The van der Waals surface area contributed by atoms with Crippen LogP contribution in [-0.2, 0) is 0 Å². The van der Waals surface area contributed by atoms with Crippen LogP contribution in [0.15, 0.2) is 218 Å². The first-order valence-corrected chi connectivity index (χ1v) is 20.9. The molecule has 0 saturated heterocycles. The molecule has 0 spiro atoms. The zero-order valence-electron chi connectivity index (χ0n) is 32.8. The highest BCUT2D eigenvalue weighted by atomic mass is 14.2. The summed E-state index contributed by atoms with van der Waals surface area (Å²) < 4.78 is 0. The van der Waals surface area contributed by atoms with E-state index in [-0.39, 0.29) is 0 Å². The maximum atomic E-state index is 2.39. The largest absolute Gasteiger partial charge is 0.0616 e. The van der Waals surface area contributed by atoms with Crippen LogP contribution in [0.25, 0.3) is 129 Å². The first kappa shape index (κ1) is 33.2. The molecule has 0 nitrogen and oxygen atoms in total. The number of hydrogen-bond donors (Lipinski definition) is 0. The summed E-state index contributed by atoms with van der Waals surface area (Å²) in [4.78, 5) is 0. The summed E-state index contributed by atoms with van der Waals surface area (Å²) in [5, 5.41) is 32.6. The van der Waals surface area contributed by atoms with Crippen molar-refractivity contribution in [2.24, 2.45) is 0 Å². The third-order valence-corrected chi connectivity index (χ3v) is 13.1. The van der Waals surface area contributed by atoms with Crippen molar-refractivity contribution < 1.29 is 0 Å². The van der Waals surface area contributed by atoms with Gasteiger partial charge in [0.25, 0.3) is 0 Å². The fraction of sp³-hybridized carbons (Fsp3) is 0. The average molecular weight is 757 g/mol. The molecule has 60 heavy (non-hydrogen) atoms. The summed E-state index contributed by atoms with van der Waals surface area (Å²) in [7, 11) is 0. The van der Waals surface area contributed by atoms with Gasteiger partial charge in [0.15, 0.2) is 0 Å². The van der Waals surface area contributed by atoms with E-state index < -0.39 is 0 Å². The Hall–Kier alpha value is -7.80. The molecule has 0 heterocycles. The van der Waals surface area contributed by atoms with E-state index in [2.05, 4.69) is 218 Å². The number of hydrogen-bond acceptors (Lipinski definition) is 0. The van der Waals surface area contributed by atoms with Gasteiger partial charge in [-0.1, -0.05) is 206 Å². The van der Waals surface area contributed by atoms with Crippen LogP contribution in [0.2, 0.25) is 0 Å². The van der Waals surface area contributed by atoms with Gasteiger partial charge in [0, 0.05) is 0 Å². The van der Waals surface area contributed by atoms with Crippen molar-refractivity contribution in [2.45, 2.75) is 0 Å². The zero-order valence-corrected chi connectivity index (χ0v) is 32.8. The van der Waals surface area contributed by atoms with Crippen LogP contribution in [0.1, 0.15) is 0 Å². The van der Waals surface area contributed by atoms with Gasteiger partial charge in [-0.05, 0) is 141 Å². The lowest BCUT2D eigenvalue weighted by Crippen LogP contribution is -1.91. The molecule has 0 saturated carbocycles. The molecule has 15 aromatic rings. The summed E-state index contributed by atoms with van der Waals surface area (Å²) in [5.41, 5.74) is 0. The van der Waals surface area contributed by atoms with Gasteiger partial charge in [0.1, 0.15) is 0 Å². The van der Waals surface area contributed by atoms with Gasteiger partial charge in [0.2, 0.25) is 0 Å². The molecule has 0 N–H and O–H groups in total. The van der Waals surface area contributed by atoms with E-state index in [0.29, 0.717) is 0 Å². The van der Waals surface area contributed by atoms with Gasteiger partial charge in [0.05, 0.1) is 0 Å². The van der Waals surface area contributed by atoms with Gasteiger partial charge in [-0.25, -0.2) is 0 Å². The van der Waals surface area contributed by atoms with Crippen molar-refractivity contribution in [1.82, 2.24) is 0 Å². The van der Waals surface area contributed by atoms with Gasteiger partial charge in [-0.15, -0.1) is 0 Å². The third kappa shape index (κ3) is 4.79. The second-order valence-electron chi connectivity index (χ2n) is 16.3. The Labute approximate surface area is 346 Å². The second-order valence-corrected chi connectivity index (χ2v) is 16.3. The van der Waals surface area contributed by atoms with E-state index in [9.17, 15) is 0 Å². The zero-order chi connectivity index (χ0) is 39.3. The van der Waals surface area contributed by atoms with Gasteiger partial charge < -0.3 is 0 Å². The van der Waals surface area contributed by atoms with Crippen molar-refractivity contribution in [3.8, 4) is 0 Å². The first-order chi connectivity index (χ1) is 29.8. The predicted octanol–water partition coefficient (Wildman–Crippen LogP) is 17.2. The Bertz CT molecular complexity index is 3740. The van der Waals surface area contributed by atoms with Crippen molar-refractivity contribution in [3.63, 3.8) is 0 Å². The van der Waals surface area contributed by atoms with Crippen LogP contribution >= 0.6 is 0 Å². The van der Waals surface area contributed by atoms with Crippen molar-refractivity contribution >= 4 is 129 Å². The quantitative estimate of drug-likeness (QED) is 0.107. The molecular weight excluding hydrogens is 721 g/mol. The number of fused-ring (bicyclic) bond motifs is 8. The van der Waals surface area contributed by atoms with Gasteiger partial charge in [-0.3, -0.25) is 0 Å². The van der Waals surface area contributed by atoms with Gasteiger partial charge >= 0.3 is 0 Å². The van der Waals surface area contributed by atoms with Crippen LogP contribution in [-0.4, -0.2) is 0 Å². The number of benzene rings is 15. The molecule has 0 amide bonds. The molecule has 276 valence electrons. The fourth-order valence-electron chi connectivity index (χ4n) is 10.6. The highest BCUT2D eigenvalue weighted by Crippen LogP contribution is 2.48. The fourth-order valence-corrected chi connectivity index (χ4v) is 10.6. The minimum absolute atomic E-state index is 1.30. The van der Waals surface area contributed by atoms with Crippen LogP contribution in [0.3, 0.4) is 0 Å². The molecule has 0 atom stereocenters. The molecule has 0 fully saturated rings. The monoisotopic (exact) mass is 756 g/mol. The van der Waals surface area contributed by atoms with E-state index in [0.717, 1.165) is 0 Å². The van der Waals surface area contributed by atoms with Crippen molar-refractivity contribution in [3.05, 3.63) is 218 Å². The SMILES string of the molecule is c1cc2cccc3c4cccc5cccc(c(c1)c23)c54.c1ccc2cc3c(cc2c1)c1ccc2cccc4c5cccc6ccc3c(c65)c1c24.c1ccc2ccccc2c1. The van der Waals surface area contributed by atoms with Crippen molar-refractivity contribution in [1.29, 1.82) is 0 Å². The Morgan fingerprint density at radius 1 is 0.133 bits per heavy atom. The maximum Gasteiger partial charge on any atom is -0.000763 e. The molecule has 0 heteroatoms. The summed E-state index contributed by atoms with van der Waals surface area (Å²) in [6.07, 6.45) is 0. The van der Waals surface area contributed by atoms with Crippen molar-refractivity contribution in [2.75, 3.05) is 0 Å². The molecule has 15 rings (SSSR count).